The molecule has 3 heteroatoms. The third-order valence-electron chi connectivity index (χ3n) is 2.48. The van der Waals surface area contributed by atoms with Gasteiger partial charge in [-0.05, 0) is 41.1 Å². The lowest BCUT2D eigenvalue weighted by molar-refractivity contribution is 0.0600. The van der Waals surface area contributed by atoms with Crippen LogP contribution in [0.3, 0.4) is 0 Å². The second kappa shape index (κ2) is 4.23. The first-order valence-corrected chi connectivity index (χ1v) is 5.00. The normalized spacial score (nSPS) is 13.7. The zero-order valence-electron chi connectivity index (χ0n) is 8.93. The topological polar surface area (TPSA) is 46.5 Å². The van der Waals surface area contributed by atoms with Crippen molar-refractivity contribution in [3.63, 3.8) is 0 Å². The minimum absolute atomic E-state index is 0.219. The fourth-order valence-electron chi connectivity index (χ4n) is 1.66. The molecule has 0 heterocycles. The van der Waals surface area contributed by atoms with Gasteiger partial charge in [-0.15, -0.1) is 0 Å². The predicted molar refractivity (Wildman–Crippen MR) is 61.3 cm³/mol. The van der Waals surface area contributed by atoms with Crippen LogP contribution >= 0.6 is 0 Å². The van der Waals surface area contributed by atoms with Crippen LogP contribution in [0.1, 0.15) is 16.8 Å². The predicted octanol–water partition coefficient (Wildman–Crippen LogP) is 0.880. The molecule has 1 aromatic rings. The monoisotopic (exact) mass is 216 g/mol. The van der Waals surface area contributed by atoms with Crippen LogP contribution in [0.5, 0.6) is 0 Å². The molecule has 0 spiro atoms. The van der Waals surface area contributed by atoms with Crippen LogP contribution in [0, 0.1) is 0 Å². The molecule has 0 saturated heterocycles. The lowest BCUT2D eigenvalue weighted by atomic mass is 10.1. The van der Waals surface area contributed by atoms with Gasteiger partial charge in [0.05, 0.1) is 12.7 Å². The molecule has 0 radical (unpaired) electrons. The molecule has 2 rings (SSSR count). The van der Waals surface area contributed by atoms with E-state index in [2.05, 4.69) is 4.74 Å². The van der Waals surface area contributed by atoms with Gasteiger partial charge in [0, 0.05) is 0 Å². The van der Waals surface area contributed by atoms with Gasteiger partial charge in [0.15, 0.2) is 0 Å². The molecule has 3 nitrogen and oxygen atoms in total. The first-order chi connectivity index (χ1) is 7.70. The number of benzene rings is 1. The van der Waals surface area contributed by atoms with Crippen molar-refractivity contribution >= 4 is 18.1 Å². The molecule has 0 aliphatic heterocycles. The summed E-state index contributed by atoms with van der Waals surface area (Å²) in [7, 11) is 1.35. The molecule has 1 aliphatic carbocycles. The summed E-state index contributed by atoms with van der Waals surface area (Å²) in [5.41, 5.74) is 0.487. The lowest BCUT2D eigenvalue weighted by Crippen LogP contribution is -2.25. The summed E-state index contributed by atoms with van der Waals surface area (Å²) in [4.78, 5) is 11.3. The third kappa shape index (κ3) is 1.98. The fourth-order valence-corrected chi connectivity index (χ4v) is 1.66. The largest absolute Gasteiger partial charge is 0.508 e. The smallest absolute Gasteiger partial charge is 0.337 e. The highest BCUT2D eigenvalue weighted by molar-refractivity contribution is 5.89. The van der Waals surface area contributed by atoms with E-state index in [1.807, 2.05) is 12.1 Å². The number of hydrogen-bond acceptors (Lipinski definition) is 3. The van der Waals surface area contributed by atoms with Crippen molar-refractivity contribution in [2.24, 2.45) is 0 Å². The van der Waals surface area contributed by atoms with Crippen molar-refractivity contribution in [1.82, 2.24) is 0 Å². The van der Waals surface area contributed by atoms with Crippen molar-refractivity contribution in [3.8, 4) is 0 Å². The second-order valence-electron chi connectivity index (χ2n) is 3.55. The van der Waals surface area contributed by atoms with E-state index in [1.165, 1.54) is 7.11 Å². The first kappa shape index (κ1) is 10.5. The zero-order chi connectivity index (χ0) is 11.5. The van der Waals surface area contributed by atoms with Gasteiger partial charge in [-0.3, -0.25) is 0 Å². The number of hydrogen-bond donors (Lipinski definition) is 1. The highest BCUT2D eigenvalue weighted by Crippen LogP contribution is 2.00. The highest BCUT2D eigenvalue weighted by Gasteiger charge is 2.04. The molecule has 1 aromatic carbocycles. The van der Waals surface area contributed by atoms with E-state index < -0.39 is 0 Å². The Labute approximate surface area is 93.0 Å². The Balaban J connectivity index is 2.61. The molecule has 0 unspecified atom stereocenters. The summed E-state index contributed by atoms with van der Waals surface area (Å²) in [5, 5.41) is 11.3. The number of rotatable bonds is 1. The van der Waals surface area contributed by atoms with Gasteiger partial charge in [-0.1, -0.05) is 12.1 Å². The van der Waals surface area contributed by atoms with Crippen LogP contribution in [0.25, 0.3) is 12.2 Å². The van der Waals surface area contributed by atoms with Crippen molar-refractivity contribution in [1.29, 1.82) is 0 Å². The number of esters is 1. The fraction of sp³-hybridized carbons (Fsp3) is 0.154. The SMILES string of the molecule is COC(=O)c1ccc2c(c1)=CC(O)=CCC=2. The van der Waals surface area contributed by atoms with Crippen molar-refractivity contribution in [2.75, 3.05) is 7.11 Å². The van der Waals surface area contributed by atoms with E-state index in [0.717, 1.165) is 10.4 Å². The number of aliphatic hydroxyl groups excluding tert-OH is 1. The molecule has 82 valence electrons. The molecule has 1 N–H and O–H groups in total. The number of aliphatic hydroxyl groups is 1. The minimum Gasteiger partial charge on any atom is -0.508 e. The van der Waals surface area contributed by atoms with Crippen LogP contribution in [-0.4, -0.2) is 18.2 Å². The zero-order valence-corrected chi connectivity index (χ0v) is 8.93. The maximum Gasteiger partial charge on any atom is 0.337 e. The number of carbonyl (C=O) groups excluding carboxylic acids is 1. The third-order valence-corrected chi connectivity index (χ3v) is 2.48. The second-order valence-corrected chi connectivity index (χ2v) is 3.55. The average Bonchev–Trinajstić information content (AvgIpc) is 2.47. The standard InChI is InChI=1S/C13H12O3/c1-16-13(15)10-6-5-9-3-2-4-12(14)8-11(9)7-10/h3-8,14H,2H2,1H3. The van der Waals surface area contributed by atoms with Gasteiger partial charge in [0.25, 0.3) is 0 Å². The van der Waals surface area contributed by atoms with Crippen LogP contribution in [-0.2, 0) is 4.74 Å². The van der Waals surface area contributed by atoms with Crippen molar-refractivity contribution in [3.05, 3.63) is 46.0 Å². The summed E-state index contributed by atoms with van der Waals surface area (Å²) < 4.78 is 4.65. The number of allylic oxidation sites excluding steroid dienone is 2. The van der Waals surface area contributed by atoms with Gasteiger partial charge in [0.1, 0.15) is 5.76 Å². The Morgan fingerprint density at radius 1 is 1.31 bits per heavy atom. The molecule has 0 atom stereocenters. The quantitative estimate of drug-likeness (QED) is 0.709. The first-order valence-electron chi connectivity index (χ1n) is 5.00. The van der Waals surface area contributed by atoms with Crippen LogP contribution in [0.4, 0.5) is 0 Å². The molecule has 0 saturated carbocycles. The number of methoxy groups -OCH3 is 1. The molecule has 0 aromatic heterocycles. The van der Waals surface area contributed by atoms with Crippen LogP contribution in [0.2, 0.25) is 0 Å². The maximum atomic E-state index is 11.3. The summed E-state index contributed by atoms with van der Waals surface area (Å²) in [6.07, 6.45) is 6.05. The Bertz CT molecular complexity index is 567. The van der Waals surface area contributed by atoms with E-state index in [4.69, 9.17) is 0 Å². The molecule has 0 bridgehead atoms. The van der Waals surface area contributed by atoms with Crippen molar-refractivity contribution < 1.29 is 14.6 Å². The van der Waals surface area contributed by atoms with E-state index in [-0.39, 0.29) is 11.7 Å². The summed E-state index contributed by atoms with van der Waals surface area (Å²) >= 11 is 0. The molecular formula is C13H12O3. The van der Waals surface area contributed by atoms with E-state index >= 15 is 0 Å². The molecule has 1 aliphatic rings. The van der Waals surface area contributed by atoms with Gasteiger partial charge in [-0.2, -0.15) is 0 Å². The van der Waals surface area contributed by atoms with Crippen LogP contribution < -0.4 is 10.4 Å². The number of fused-ring (bicyclic) bond motifs is 1. The van der Waals surface area contributed by atoms with Gasteiger partial charge in [-0.25, -0.2) is 4.79 Å². The van der Waals surface area contributed by atoms with Crippen LogP contribution in [0.15, 0.2) is 30.0 Å². The van der Waals surface area contributed by atoms with E-state index in [9.17, 15) is 9.90 Å². The highest BCUT2D eigenvalue weighted by atomic mass is 16.5. The molecular weight excluding hydrogens is 204 g/mol. The van der Waals surface area contributed by atoms with Gasteiger partial charge in [0.2, 0.25) is 0 Å². The van der Waals surface area contributed by atoms with E-state index in [0.29, 0.717) is 12.0 Å². The van der Waals surface area contributed by atoms with E-state index in [1.54, 1.807) is 24.3 Å². The van der Waals surface area contributed by atoms with Gasteiger partial charge >= 0.3 is 5.97 Å². The molecule has 0 amide bonds. The minimum atomic E-state index is -0.371. The summed E-state index contributed by atoms with van der Waals surface area (Å²) in [6.45, 7) is 0. The van der Waals surface area contributed by atoms with Crippen molar-refractivity contribution in [2.45, 2.75) is 6.42 Å². The molecule has 16 heavy (non-hydrogen) atoms. The Kier molecular flexibility index (Phi) is 2.77. The Hall–Kier alpha value is -2.03. The average molecular weight is 216 g/mol. The molecule has 0 fully saturated rings. The van der Waals surface area contributed by atoms with Gasteiger partial charge < -0.3 is 9.84 Å². The summed E-state index contributed by atoms with van der Waals surface area (Å²) in [6, 6.07) is 5.29. The lowest BCUT2D eigenvalue weighted by Gasteiger charge is -1.98. The summed E-state index contributed by atoms with van der Waals surface area (Å²) in [5.74, 6) is -0.152. The Morgan fingerprint density at radius 3 is 2.88 bits per heavy atom. The maximum absolute atomic E-state index is 11.3. The number of ether oxygens (including phenoxy) is 1. The Morgan fingerprint density at radius 2 is 2.12 bits per heavy atom. The number of carbonyl (C=O) groups is 1.